The summed E-state index contributed by atoms with van der Waals surface area (Å²) in [7, 11) is 1.54. The summed E-state index contributed by atoms with van der Waals surface area (Å²) in [6.45, 7) is 5.86. The molecule has 0 unspecified atom stereocenters. The van der Waals surface area contributed by atoms with E-state index in [0.717, 1.165) is 11.1 Å². The van der Waals surface area contributed by atoms with Gasteiger partial charge in [-0.15, -0.1) is 10.2 Å². The van der Waals surface area contributed by atoms with Crippen molar-refractivity contribution < 1.29 is 19.0 Å². The first kappa shape index (κ1) is 24.9. The van der Waals surface area contributed by atoms with Crippen LogP contribution in [0.5, 0.6) is 11.5 Å². The highest BCUT2D eigenvalue weighted by Gasteiger charge is 2.12. The maximum Gasteiger partial charge on any atom is 0.273 e. The van der Waals surface area contributed by atoms with Crippen LogP contribution in [0.1, 0.15) is 30.2 Å². The quantitative estimate of drug-likeness (QED) is 0.394. The number of amides is 1. The molecule has 0 spiro atoms. The summed E-state index contributed by atoms with van der Waals surface area (Å²) in [6.07, 6.45) is 0.336. The number of aryl methyl sites for hydroxylation is 2. The molecule has 3 rings (SSSR count). The van der Waals surface area contributed by atoms with Crippen LogP contribution in [0, 0.1) is 6.92 Å². The molecule has 2 N–H and O–H groups in total. The van der Waals surface area contributed by atoms with Crippen molar-refractivity contribution in [3.63, 3.8) is 0 Å². The van der Waals surface area contributed by atoms with Crippen molar-refractivity contribution in [3.05, 3.63) is 69.6 Å². The van der Waals surface area contributed by atoms with E-state index in [0.29, 0.717) is 49.3 Å². The number of H-pyrrole nitrogens is 1. The average molecular weight is 467 g/mol. The van der Waals surface area contributed by atoms with E-state index in [1.165, 1.54) is 7.11 Å². The third-order valence-electron chi connectivity index (χ3n) is 5.05. The predicted molar refractivity (Wildman–Crippen MR) is 128 cm³/mol. The van der Waals surface area contributed by atoms with Crippen molar-refractivity contribution >= 4 is 5.91 Å². The van der Waals surface area contributed by atoms with Gasteiger partial charge in [0.15, 0.2) is 17.3 Å². The Balaban J connectivity index is 1.58. The van der Waals surface area contributed by atoms with E-state index in [2.05, 4.69) is 20.5 Å². The molecule has 1 aromatic heterocycles. The highest BCUT2D eigenvalue weighted by atomic mass is 16.5. The molecular weight excluding hydrogens is 436 g/mol. The molecule has 1 amide bonds. The Hall–Kier alpha value is -3.72. The van der Waals surface area contributed by atoms with Gasteiger partial charge in [-0.2, -0.15) is 0 Å². The van der Waals surface area contributed by atoms with Crippen LogP contribution in [-0.2, 0) is 22.5 Å². The van der Waals surface area contributed by atoms with Gasteiger partial charge in [-0.1, -0.05) is 29.8 Å². The maximum atomic E-state index is 12.5. The number of rotatable bonds is 12. The van der Waals surface area contributed by atoms with E-state index in [-0.39, 0.29) is 30.0 Å². The lowest BCUT2D eigenvalue weighted by Gasteiger charge is -2.12. The number of ether oxygens (including phenoxy) is 3. The Morgan fingerprint density at radius 2 is 1.94 bits per heavy atom. The summed E-state index contributed by atoms with van der Waals surface area (Å²) < 4.78 is 16.3. The molecule has 3 aromatic rings. The van der Waals surface area contributed by atoms with Gasteiger partial charge in [0.05, 0.1) is 13.7 Å². The SMILES string of the molecule is CCOCCOc1ccc(-c2nnc(CCC(=O)NCc3cccc(C)c3)c(=O)[nH]2)cc1OC. The van der Waals surface area contributed by atoms with Crippen LogP contribution < -0.4 is 20.3 Å². The van der Waals surface area contributed by atoms with Crippen LogP contribution >= 0.6 is 0 Å². The van der Waals surface area contributed by atoms with Crippen LogP contribution in [0.3, 0.4) is 0 Å². The van der Waals surface area contributed by atoms with Gasteiger partial charge in [0.2, 0.25) is 5.91 Å². The van der Waals surface area contributed by atoms with Crippen molar-refractivity contribution in [3.8, 4) is 22.9 Å². The van der Waals surface area contributed by atoms with E-state index in [1.54, 1.807) is 18.2 Å². The van der Waals surface area contributed by atoms with Crippen LogP contribution in [0.2, 0.25) is 0 Å². The molecule has 0 saturated heterocycles. The van der Waals surface area contributed by atoms with Crippen LogP contribution in [0.15, 0.2) is 47.3 Å². The predicted octanol–water partition coefficient (Wildman–Crippen LogP) is 2.81. The Labute approximate surface area is 198 Å². The van der Waals surface area contributed by atoms with Crippen LogP contribution in [0.25, 0.3) is 11.4 Å². The molecule has 0 radical (unpaired) electrons. The highest BCUT2D eigenvalue weighted by Crippen LogP contribution is 2.31. The number of nitrogens with zero attached hydrogens (tertiary/aromatic N) is 2. The molecule has 34 heavy (non-hydrogen) atoms. The number of carbonyl (C=O) groups is 1. The van der Waals surface area contributed by atoms with E-state index >= 15 is 0 Å². The normalized spacial score (nSPS) is 10.7. The lowest BCUT2D eigenvalue weighted by Crippen LogP contribution is -2.25. The van der Waals surface area contributed by atoms with Gasteiger partial charge < -0.3 is 24.5 Å². The zero-order valence-electron chi connectivity index (χ0n) is 19.7. The van der Waals surface area contributed by atoms with Gasteiger partial charge in [0, 0.05) is 31.6 Å². The monoisotopic (exact) mass is 466 g/mol. The van der Waals surface area contributed by atoms with Gasteiger partial charge >= 0.3 is 0 Å². The number of aromatic amines is 1. The molecule has 0 fully saturated rings. The number of nitrogens with one attached hydrogen (secondary N) is 2. The minimum atomic E-state index is -0.382. The fraction of sp³-hybridized carbons (Fsp3) is 0.360. The third-order valence-corrected chi connectivity index (χ3v) is 5.05. The Kier molecular flexibility index (Phi) is 9.16. The fourth-order valence-electron chi connectivity index (χ4n) is 3.29. The minimum absolute atomic E-state index is 0.143. The Morgan fingerprint density at radius 1 is 1.09 bits per heavy atom. The van der Waals surface area contributed by atoms with Crippen LogP contribution in [0.4, 0.5) is 0 Å². The molecule has 180 valence electrons. The average Bonchev–Trinajstić information content (AvgIpc) is 2.84. The number of aromatic nitrogens is 3. The van der Waals surface area contributed by atoms with Crippen LogP contribution in [-0.4, -0.2) is 48.0 Å². The summed E-state index contributed by atoms with van der Waals surface area (Å²) in [6, 6.07) is 13.1. The zero-order chi connectivity index (χ0) is 24.3. The number of benzene rings is 2. The fourth-order valence-corrected chi connectivity index (χ4v) is 3.29. The number of carbonyl (C=O) groups excluding carboxylic acids is 1. The van der Waals surface area contributed by atoms with E-state index in [1.807, 2.05) is 38.1 Å². The van der Waals surface area contributed by atoms with Crippen molar-refractivity contribution in [1.29, 1.82) is 0 Å². The van der Waals surface area contributed by atoms with Crippen molar-refractivity contribution in [2.45, 2.75) is 33.2 Å². The molecule has 0 saturated carbocycles. The summed E-state index contributed by atoms with van der Waals surface area (Å²) in [5.41, 5.74) is 2.61. The molecule has 0 atom stereocenters. The summed E-state index contributed by atoms with van der Waals surface area (Å²) in [4.78, 5) is 27.4. The van der Waals surface area contributed by atoms with Gasteiger partial charge in [0.25, 0.3) is 5.56 Å². The Morgan fingerprint density at radius 3 is 2.68 bits per heavy atom. The summed E-state index contributed by atoms with van der Waals surface area (Å²) in [5.74, 6) is 1.22. The minimum Gasteiger partial charge on any atom is -0.493 e. The van der Waals surface area contributed by atoms with Gasteiger partial charge in [-0.3, -0.25) is 9.59 Å². The lowest BCUT2D eigenvalue weighted by molar-refractivity contribution is -0.121. The topological polar surface area (TPSA) is 115 Å². The molecule has 9 heteroatoms. The second-order valence-electron chi connectivity index (χ2n) is 7.63. The molecule has 1 heterocycles. The summed E-state index contributed by atoms with van der Waals surface area (Å²) >= 11 is 0. The van der Waals surface area contributed by atoms with E-state index in [4.69, 9.17) is 14.2 Å². The molecule has 0 aliphatic rings. The van der Waals surface area contributed by atoms with Crippen molar-refractivity contribution in [2.75, 3.05) is 26.9 Å². The molecule has 0 bridgehead atoms. The van der Waals surface area contributed by atoms with Gasteiger partial charge in [0.1, 0.15) is 12.3 Å². The highest BCUT2D eigenvalue weighted by molar-refractivity contribution is 5.76. The number of methoxy groups -OCH3 is 1. The first-order chi connectivity index (χ1) is 16.5. The van der Waals surface area contributed by atoms with E-state index < -0.39 is 0 Å². The molecule has 0 aliphatic heterocycles. The first-order valence-electron chi connectivity index (χ1n) is 11.2. The van der Waals surface area contributed by atoms with E-state index in [9.17, 15) is 9.59 Å². The summed E-state index contributed by atoms with van der Waals surface area (Å²) in [5, 5.41) is 11.0. The Bertz CT molecular complexity index is 1160. The van der Waals surface area contributed by atoms with Crippen molar-refractivity contribution in [2.24, 2.45) is 0 Å². The standard InChI is InChI=1S/C25H30N4O5/c1-4-33-12-13-34-21-10-8-19(15-22(21)32-3)24-27-25(31)20(28-29-24)9-11-23(30)26-16-18-7-5-6-17(2)14-18/h5-8,10,14-15H,4,9,11-13,16H2,1-3H3,(H,26,30)(H,27,29,31). The third kappa shape index (κ3) is 7.14. The molecule has 2 aromatic carbocycles. The lowest BCUT2D eigenvalue weighted by atomic mass is 10.1. The molecular formula is C25H30N4O5. The number of hydrogen-bond donors (Lipinski definition) is 2. The smallest absolute Gasteiger partial charge is 0.273 e. The first-order valence-corrected chi connectivity index (χ1v) is 11.2. The second kappa shape index (κ2) is 12.5. The molecule has 9 nitrogen and oxygen atoms in total. The zero-order valence-corrected chi connectivity index (χ0v) is 19.7. The van der Waals surface area contributed by atoms with Gasteiger partial charge in [-0.25, -0.2) is 0 Å². The van der Waals surface area contributed by atoms with Crippen molar-refractivity contribution in [1.82, 2.24) is 20.5 Å². The largest absolute Gasteiger partial charge is 0.493 e. The van der Waals surface area contributed by atoms with Gasteiger partial charge in [-0.05, 0) is 37.6 Å². The number of hydrogen-bond acceptors (Lipinski definition) is 7. The second-order valence-corrected chi connectivity index (χ2v) is 7.63. The maximum absolute atomic E-state index is 12.5. The molecule has 0 aliphatic carbocycles.